The van der Waals surface area contributed by atoms with Crippen molar-refractivity contribution in [2.45, 2.75) is 19.8 Å². The van der Waals surface area contributed by atoms with Crippen LogP contribution >= 0.6 is 0 Å². The van der Waals surface area contributed by atoms with Gasteiger partial charge >= 0.3 is 5.97 Å². The second kappa shape index (κ2) is 5.63. The van der Waals surface area contributed by atoms with E-state index < -0.39 is 23.4 Å². The second-order valence-electron chi connectivity index (χ2n) is 5.55. The molecule has 0 aliphatic carbocycles. The van der Waals surface area contributed by atoms with E-state index in [1.54, 1.807) is 13.8 Å². The lowest BCUT2D eigenvalue weighted by Crippen LogP contribution is -2.10. The van der Waals surface area contributed by atoms with Crippen molar-refractivity contribution in [1.29, 1.82) is 0 Å². The van der Waals surface area contributed by atoms with Gasteiger partial charge in [-0.15, -0.1) is 0 Å². The summed E-state index contributed by atoms with van der Waals surface area (Å²) in [7, 11) is 0. The van der Waals surface area contributed by atoms with Crippen LogP contribution in [0.2, 0.25) is 0 Å². The van der Waals surface area contributed by atoms with Crippen LogP contribution in [0.15, 0.2) is 24.7 Å². The minimum Gasteiger partial charge on any atom is -0.478 e. The van der Waals surface area contributed by atoms with Crippen LogP contribution in [-0.2, 0) is 0 Å². The summed E-state index contributed by atoms with van der Waals surface area (Å²) < 4.78 is 42.3. The summed E-state index contributed by atoms with van der Waals surface area (Å²) in [6.45, 7) is 3.56. The topological polar surface area (TPSA) is 67.5 Å². The molecule has 3 aromatic rings. The first-order valence-corrected chi connectivity index (χ1v) is 7.05. The van der Waals surface area contributed by atoms with E-state index in [1.165, 1.54) is 10.7 Å². The van der Waals surface area contributed by atoms with Gasteiger partial charge in [0.1, 0.15) is 17.8 Å². The second-order valence-corrected chi connectivity index (χ2v) is 5.55. The largest absolute Gasteiger partial charge is 0.478 e. The fraction of sp³-hybridized carbons (Fsp3) is 0.188. The molecular formula is C16H12F3N3O2. The first-order valence-electron chi connectivity index (χ1n) is 7.05. The maximum absolute atomic E-state index is 14.0. The predicted octanol–water partition coefficient (Wildman–Crippen LogP) is 3.64. The maximum Gasteiger partial charge on any atom is 0.339 e. The quantitative estimate of drug-likeness (QED) is 0.742. The zero-order valence-electron chi connectivity index (χ0n) is 12.7. The van der Waals surface area contributed by atoms with Crippen molar-refractivity contribution in [1.82, 2.24) is 14.4 Å². The number of rotatable bonds is 3. The summed E-state index contributed by atoms with van der Waals surface area (Å²) in [5, 5.41) is 9.28. The van der Waals surface area contributed by atoms with Crippen LogP contribution in [0.25, 0.3) is 16.9 Å². The number of carboxylic acid groups (broad SMARTS) is 1. The summed E-state index contributed by atoms with van der Waals surface area (Å²) in [6.07, 6.45) is 2.40. The van der Waals surface area contributed by atoms with Gasteiger partial charge in [0.05, 0.1) is 5.56 Å². The van der Waals surface area contributed by atoms with Crippen LogP contribution in [-0.4, -0.2) is 25.4 Å². The molecule has 8 heteroatoms. The summed E-state index contributed by atoms with van der Waals surface area (Å²) >= 11 is 0. The molecule has 0 saturated heterocycles. The molecule has 1 N–H and O–H groups in total. The lowest BCUT2D eigenvalue weighted by molar-refractivity contribution is 0.0694. The van der Waals surface area contributed by atoms with Crippen molar-refractivity contribution in [2.24, 2.45) is 0 Å². The molecule has 0 aliphatic heterocycles. The number of benzene rings is 1. The summed E-state index contributed by atoms with van der Waals surface area (Å²) in [4.78, 5) is 19.3. The number of hydrogen-bond donors (Lipinski definition) is 1. The number of aromatic nitrogens is 3. The molecule has 3 rings (SSSR count). The molecule has 2 aromatic heterocycles. The Morgan fingerprint density at radius 2 is 1.92 bits per heavy atom. The Hall–Kier alpha value is -2.90. The van der Waals surface area contributed by atoms with Crippen LogP contribution in [0.3, 0.4) is 0 Å². The molecule has 5 nitrogen and oxygen atoms in total. The molecule has 24 heavy (non-hydrogen) atoms. The Kier molecular flexibility index (Phi) is 3.75. The monoisotopic (exact) mass is 335 g/mol. The van der Waals surface area contributed by atoms with Crippen molar-refractivity contribution < 1.29 is 23.1 Å². The van der Waals surface area contributed by atoms with Crippen LogP contribution in [0, 0.1) is 17.5 Å². The van der Waals surface area contributed by atoms with E-state index >= 15 is 0 Å². The number of halogens is 3. The molecule has 0 fully saturated rings. The first-order chi connectivity index (χ1) is 11.3. The molecule has 0 unspecified atom stereocenters. The molecule has 0 atom stereocenters. The highest BCUT2D eigenvalue weighted by molar-refractivity contribution is 5.89. The molecule has 2 heterocycles. The molecular weight excluding hydrogens is 323 g/mol. The van der Waals surface area contributed by atoms with E-state index in [0.717, 1.165) is 12.3 Å². The van der Waals surface area contributed by atoms with E-state index in [2.05, 4.69) is 9.97 Å². The van der Waals surface area contributed by atoms with Crippen molar-refractivity contribution in [3.63, 3.8) is 0 Å². The van der Waals surface area contributed by atoms with Gasteiger partial charge in [-0.2, -0.15) is 0 Å². The highest BCUT2D eigenvalue weighted by atomic mass is 19.2. The normalized spacial score (nSPS) is 11.4. The highest BCUT2D eigenvalue weighted by Crippen LogP contribution is 2.30. The van der Waals surface area contributed by atoms with E-state index in [0.29, 0.717) is 11.8 Å². The molecule has 0 saturated carbocycles. The van der Waals surface area contributed by atoms with Crippen LogP contribution in [0.5, 0.6) is 0 Å². The van der Waals surface area contributed by atoms with Crippen molar-refractivity contribution >= 4 is 11.6 Å². The van der Waals surface area contributed by atoms with Gasteiger partial charge in [-0.05, 0) is 12.0 Å². The SMILES string of the molecule is CC(C)c1c(C(=O)O)cnc2c(-c3cc(F)cc(F)c3F)ncn12. The minimum absolute atomic E-state index is 0.0210. The molecule has 0 spiro atoms. The molecule has 0 radical (unpaired) electrons. The van der Waals surface area contributed by atoms with Crippen LogP contribution < -0.4 is 0 Å². The van der Waals surface area contributed by atoms with E-state index in [4.69, 9.17) is 0 Å². The van der Waals surface area contributed by atoms with E-state index in [1.807, 2.05) is 0 Å². The minimum atomic E-state index is -1.34. The molecule has 124 valence electrons. The van der Waals surface area contributed by atoms with Gasteiger partial charge in [0.25, 0.3) is 0 Å². The Morgan fingerprint density at radius 1 is 1.21 bits per heavy atom. The highest BCUT2D eigenvalue weighted by Gasteiger charge is 2.22. The van der Waals surface area contributed by atoms with Crippen molar-refractivity contribution in [2.75, 3.05) is 0 Å². The van der Waals surface area contributed by atoms with Gasteiger partial charge in [-0.25, -0.2) is 27.9 Å². The van der Waals surface area contributed by atoms with E-state index in [9.17, 15) is 23.1 Å². The van der Waals surface area contributed by atoms with Gasteiger partial charge in [0, 0.05) is 23.5 Å². The van der Waals surface area contributed by atoms with Crippen molar-refractivity contribution in [3.8, 4) is 11.3 Å². The maximum atomic E-state index is 14.0. The predicted molar refractivity (Wildman–Crippen MR) is 79.3 cm³/mol. The van der Waals surface area contributed by atoms with Crippen LogP contribution in [0.4, 0.5) is 13.2 Å². The number of imidazole rings is 1. The third kappa shape index (κ3) is 2.40. The number of fused-ring (bicyclic) bond motifs is 1. The summed E-state index contributed by atoms with van der Waals surface area (Å²) in [6, 6.07) is 1.26. The zero-order chi connectivity index (χ0) is 17.6. The average molecular weight is 335 g/mol. The average Bonchev–Trinajstić information content (AvgIpc) is 2.93. The third-order valence-electron chi connectivity index (χ3n) is 3.62. The number of nitrogens with zero attached hydrogens (tertiary/aromatic N) is 3. The van der Waals surface area contributed by atoms with Crippen molar-refractivity contribution in [3.05, 3.63) is 53.4 Å². The third-order valence-corrected chi connectivity index (χ3v) is 3.62. The fourth-order valence-electron chi connectivity index (χ4n) is 2.64. The summed E-state index contributed by atoms with van der Waals surface area (Å²) in [5.41, 5.74) is 0.0634. The van der Waals surface area contributed by atoms with Gasteiger partial charge in [0.15, 0.2) is 17.3 Å². The number of hydrogen-bond acceptors (Lipinski definition) is 3. The van der Waals surface area contributed by atoms with Gasteiger partial charge < -0.3 is 5.11 Å². The number of carboxylic acids is 1. The Bertz CT molecular complexity index is 967. The lowest BCUT2D eigenvalue weighted by atomic mass is 10.0. The Morgan fingerprint density at radius 3 is 2.54 bits per heavy atom. The molecule has 0 bridgehead atoms. The van der Waals surface area contributed by atoms with Gasteiger partial charge in [0.2, 0.25) is 0 Å². The molecule has 0 amide bonds. The Balaban J connectivity index is 2.34. The summed E-state index contributed by atoms with van der Waals surface area (Å²) in [5.74, 6) is -4.88. The standard InChI is InChI=1S/C16H12F3N3O2/c1-7(2)14-10(16(23)24)5-20-15-13(21-6-22(14)15)9-3-8(17)4-11(18)12(9)19/h3-7H,1-2H3,(H,23,24). The van der Waals surface area contributed by atoms with E-state index in [-0.39, 0.29) is 28.4 Å². The van der Waals surface area contributed by atoms with Crippen LogP contribution in [0.1, 0.15) is 35.8 Å². The zero-order valence-corrected chi connectivity index (χ0v) is 12.7. The Labute approximate surface area is 134 Å². The molecule has 1 aromatic carbocycles. The number of aromatic carboxylic acids is 1. The van der Waals surface area contributed by atoms with Gasteiger partial charge in [-0.3, -0.25) is 4.40 Å². The lowest BCUT2D eigenvalue weighted by Gasteiger charge is -2.12. The molecule has 0 aliphatic rings. The first kappa shape index (κ1) is 16.0. The number of carbonyl (C=O) groups is 1. The van der Waals surface area contributed by atoms with Gasteiger partial charge in [-0.1, -0.05) is 13.8 Å². The fourth-order valence-corrected chi connectivity index (χ4v) is 2.64. The smallest absolute Gasteiger partial charge is 0.339 e.